The fraction of sp³-hybridized carbons (Fsp3) is 0.933. The number of piperazine rings is 1. The van der Waals surface area contributed by atoms with Crippen LogP contribution in [0.3, 0.4) is 0 Å². The van der Waals surface area contributed by atoms with Crippen LogP contribution < -0.4 is 0 Å². The normalized spacial score (nSPS) is 31.8. The van der Waals surface area contributed by atoms with Gasteiger partial charge >= 0.3 is 0 Å². The van der Waals surface area contributed by atoms with Gasteiger partial charge in [0.2, 0.25) is 0 Å². The molecule has 0 aromatic rings. The Morgan fingerprint density at radius 1 is 1.06 bits per heavy atom. The molecule has 0 amide bonds. The van der Waals surface area contributed by atoms with Crippen molar-refractivity contribution in [2.45, 2.75) is 51.5 Å². The molecule has 0 N–H and O–H groups in total. The second-order valence-corrected chi connectivity index (χ2v) is 5.82. The van der Waals surface area contributed by atoms with E-state index in [9.17, 15) is 5.26 Å². The van der Waals surface area contributed by atoms with Crippen molar-refractivity contribution in [3.8, 4) is 6.07 Å². The second kappa shape index (κ2) is 7.11. The second-order valence-electron chi connectivity index (χ2n) is 5.82. The highest BCUT2D eigenvalue weighted by Crippen LogP contribution is 2.27. The van der Waals surface area contributed by atoms with Gasteiger partial charge in [0.1, 0.15) is 0 Å². The molecule has 2 atom stereocenters. The first-order valence-corrected chi connectivity index (χ1v) is 7.71. The van der Waals surface area contributed by atoms with Crippen molar-refractivity contribution in [1.29, 1.82) is 5.26 Å². The van der Waals surface area contributed by atoms with Crippen molar-refractivity contribution in [2.24, 2.45) is 5.92 Å². The lowest BCUT2D eigenvalue weighted by molar-refractivity contribution is 0.0764. The van der Waals surface area contributed by atoms with Crippen LogP contribution in [0.5, 0.6) is 0 Å². The van der Waals surface area contributed by atoms with E-state index in [1.807, 2.05) is 0 Å². The van der Waals surface area contributed by atoms with E-state index in [0.29, 0.717) is 6.04 Å². The van der Waals surface area contributed by atoms with Crippen molar-refractivity contribution < 1.29 is 0 Å². The molecule has 0 spiro atoms. The standard InChI is InChI=1S/C15H27N3/c1-2-8-17-9-11-18(12-10-17)15-7-5-3-4-6-14(15)13-16/h14-15H,2-12H2,1H3. The summed E-state index contributed by atoms with van der Waals surface area (Å²) >= 11 is 0. The molecule has 1 saturated heterocycles. The minimum absolute atomic E-state index is 0.283. The zero-order valence-corrected chi connectivity index (χ0v) is 11.8. The van der Waals surface area contributed by atoms with Gasteiger partial charge in [-0.25, -0.2) is 0 Å². The molecule has 1 heterocycles. The first-order chi connectivity index (χ1) is 8.85. The Bertz CT molecular complexity index is 276. The lowest BCUT2D eigenvalue weighted by Crippen LogP contribution is -2.52. The number of hydrogen-bond donors (Lipinski definition) is 0. The third-order valence-corrected chi connectivity index (χ3v) is 4.56. The Kier molecular flexibility index (Phi) is 5.46. The van der Waals surface area contributed by atoms with Crippen LogP contribution in [0.4, 0.5) is 0 Å². The molecule has 0 aromatic heterocycles. The van der Waals surface area contributed by atoms with Gasteiger partial charge in [-0.1, -0.05) is 26.2 Å². The molecule has 2 fully saturated rings. The van der Waals surface area contributed by atoms with Gasteiger partial charge in [-0.05, 0) is 25.8 Å². The molecule has 3 heteroatoms. The summed E-state index contributed by atoms with van der Waals surface area (Å²) in [5.41, 5.74) is 0. The average molecular weight is 249 g/mol. The predicted molar refractivity (Wildman–Crippen MR) is 74.3 cm³/mol. The molecular formula is C15H27N3. The maximum atomic E-state index is 9.37. The summed E-state index contributed by atoms with van der Waals surface area (Å²) in [4.78, 5) is 5.17. The van der Waals surface area contributed by atoms with Crippen molar-refractivity contribution in [3.05, 3.63) is 0 Å². The largest absolute Gasteiger partial charge is 0.301 e. The zero-order chi connectivity index (χ0) is 12.8. The molecule has 2 aliphatic rings. The van der Waals surface area contributed by atoms with Gasteiger partial charge in [-0.3, -0.25) is 4.90 Å². The van der Waals surface area contributed by atoms with Crippen molar-refractivity contribution in [2.75, 3.05) is 32.7 Å². The molecule has 3 nitrogen and oxygen atoms in total. The number of nitrogens with zero attached hydrogens (tertiary/aromatic N) is 3. The average Bonchev–Trinajstić information content (AvgIpc) is 2.65. The highest BCUT2D eigenvalue weighted by atomic mass is 15.3. The Labute approximate surface area is 112 Å². The fourth-order valence-electron chi connectivity index (χ4n) is 3.51. The lowest BCUT2D eigenvalue weighted by atomic mass is 9.94. The van der Waals surface area contributed by atoms with Gasteiger partial charge < -0.3 is 4.90 Å². The Morgan fingerprint density at radius 3 is 2.44 bits per heavy atom. The van der Waals surface area contributed by atoms with E-state index in [1.54, 1.807) is 0 Å². The number of rotatable bonds is 3. The summed E-state index contributed by atoms with van der Waals surface area (Å²) in [6.07, 6.45) is 7.51. The Hall–Kier alpha value is -0.590. The smallest absolute Gasteiger partial charge is 0.0672 e. The zero-order valence-electron chi connectivity index (χ0n) is 11.8. The van der Waals surface area contributed by atoms with Crippen molar-refractivity contribution in [1.82, 2.24) is 9.80 Å². The topological polar surface area (TPSA) is 30.3 Å². The van der Waals surface area contributed by atoms with E-state index in [4.69, 9.17) is 0 Å². The van der Waals surface area contributed by atoms with Crippen LogP contribution in [-0.4, -0.2) is 48.6 Å². The summed E-state index contributed by atoms with van der Waals surface area (Å²) in [6, 6.07) is 3.12. The third-order valence-electron chi connectivity index (χ3n) is 4.56. The first-order valence-electron chi connectivity index (χ1n) is 7.71. The minimum atomic E-state index is 0.283. The van der Waals surface area contributed by atoms with Gasteiger partial charge in [-0.15, -0.1) is 0 Å². The molecule has 0 aromatic carbocycles. The van der Waals surface area contributed by atoms with E-state index < -0.39 is 0 Å². The summed E-state index contributed by atoms with van der Waals surface area (Å²) in [5, 5.41) is 9.37. The highest BCUT2D eigenvalue weighted by Gasteiger charge is 2.30. The summed E-state index contributed by atoms with van der Waals surface area (Å²) in [6.45, 7) is 8.22. The highest BCUT2D eigenvalue weighted by molar-refractivity contribution is 4.95. The minimum Gasteiger partial charge on any atom is -0.301 e. The first kappa shape index (κ1) is 13.8. The lowest BCUT2D eigenvalue weighted by Gasteiger charge is -2.40. The van der Waals surface area contributed by atoms with Crippen LogP contribution in [0.2, 0.25) is 0 Å². The molecule has 18 heavy (non-hydrogen) atoms. The fourth-order valence-corrected chi connectivity index (χ4v) is 3.51. The Balaban J connectivity index is 1.88. The molecular weight excluding hydrogens is 222 g/mol. The van der Waals surface area contributed by atoms with Crippen molar-refractivity contribution in [3.63, 3.8) is 0 Å². The van der Waals surface area contributed by atoms with Gasteiger partial charge in [0.25, 0.3) is 0 Å². The van der Waals surface area contributed by atoms with Crippen LogP contribution in [0.15, 0.2) is 0 Å². The van der Waals surface area contributed by atoms with E-state index >= 15 is 0 Å². The summed E-state index contributed by atoms with van der Waals surface area (Å²) < 4.78 is 0. The summed E-state index contributed by atoms with van der Waals surface area (Å²) in [5.74, 6) is 0.283. The van der Waals surface area contributed by atoms with Gasteiger partial charge in [0, 0.05) is 32.2 Å². The van der Waals surface area contributed by atoms with Gasteiger partial charge in [0.05, 0.1) is 12.0 Å². The van der Waals surface area contributed by atoms with Crippen molar-refractivity contribution >= 4 is 0 Å². The van der Waals surface area contributed by atoms with Gasteiger partial charge in [-0.2, -0.15) is 5.26 Å². The van der Waals surface area contributed by atoms with E-state index in [2.05, 4.69) is 22.8 Å². The van der Waals surface area contributed by atoms with Crippen LogP contribution in [0.1, 0.15) is 45.4 Å². The molecule has 2 rings (SSSR count). The molecule has 2 unspecified atom stereocenters. The molecule has 1 aliphatic carbocycles. The number of nitriles is 1. The SMILES string of the molecule is CCCN1CCN(C2CCCCCC2C#N)CC1. The van der Waals surface area contributed by atoms with Gasteiger partial charge in [0.15, 0.2) is 0 Å². The predicted octanol–water partition coefficient (Wildman–Crippen LogP) is 2.49. The van der Waals surface area contributed by atoms with Crippen LogP contribution in [0.25, 0.3) is 0 Å². The number of hydrogen-bond acceptors (Lipinski definition) is 3. The maximum Gasteiger partial charge on any atom is 0.0672 e. The molecule has 1 aliphatic heterocycles. The third kappa shape index (κ3) is 3.46. The molecule has 102 valence electrons. The quantitative estimate of drug-likeness (QED) is 0.720. The Morgan fingerprint density at radius 2 is 1.78 bits per heavy atom. The van der Waals surface area contributed by atoms with E-state index in [-0.39, 0.29) is 5.92 Å². The molecule has 0 radical (unpaired) electrons. The van der Waals surface area contributed by atoms with Crippen LogP contribution in [0, 0.1) is 17.2 Å². The van der Waals surface area contributed by atoms with E-state index in [0.717, 1.165) is 6.42 Å². The van der Waals surface area contributed by atoms with E-state index in [1.165, 1.54) is 64.8 Å². The maximum absolute atomic E-state index is 9.37. The van der Waals surface area contributed by atoms with Crippen LogP contribution >= 0.6 is 0 Å². The summed E-state index contributed by atoms with van der Waals surface area (Å²) in [7, 11) is 0. The molecule has 0 bridgehead atoms. The monoisotopic (exact) mass is 249 g/mol. The van der Waals surface area contributed by atoms with Crippen LogP contribution in [-0.2, 0) is 0 Å². The molecule has 1 saturated carbocycles.